The quantitative estimate of drug-likeness (QED) is 0.929. The first kappa shape index (κ1) is 15.0. The monoisotopic (exact) mass is 324 g/mol. The predicted octanol–water partition coefficient (Wildman–Crippen LogP) is 2.61. The molecule has 1 aromatic rings. The molecule has 1 aromatic carbocycles. The molecule has 2 N–H and O–H groups in total. The number of anilines is 1. The van der Waals surface area contributed by atoms with Gasteiger partial charge in [0.15, 0.2) is 0 Å². The van der Waals surface area contributed by atoms with Crippen molar-refractivity contribution < 1.29 is 18.0 Å². The minimum Gasteiger partial charge on any atom is -0.329 e. The van der Waals surface area contributed by atoms with E-state index in [1.165, 1.54) is 6.07 Å². The van der Waals surface area contributed by atoms with Gasteiger partial charge in [-0.3, -0.25) is 4.79 Å². The number of aryl methyl sites for hydroxylation is 1. The highest BCUT2D eigenvalue weighted by Gasteiger charge is 2.43. The lowest BCUT2D eigenvalue weighted by molar-refractivity contribution is -0.170. The number of rotatable bonds is 3. The maximum absolute atomic E-state index is 12.5. The van der Waals surface area contributed by atoms with E-state index in [1.807, 2.05) is 0 Å². The Hall–Kier alpha value is -1.08. The Balaban J connectivity index is 3.16. The molecular weight excluding hydrogens is 313 g/mol. The van der Waals surface area contributed by atoms with Gasteiger partial charge in [-0.2, -0.15) is 13.2 Å². The highest BCUT2D eigenvalue weighted by Crippen LogP contribution is 2.30. The summed E-state index contributed by atoms with van der Waals surface area (Å²) in [6.07, 6.45) is -4.92. The molecule has 0 aromatic heterocycles. The lowest BCUT2D eigenvalue weighted by atomic mass is 10.2. The lowest BCUT2D eigenvalue weighted by Gasteiger charge is -2.24. The number of carbonyl (C=O) groups is 1. The highest BCUT2D eigenvalue weighted by atomic mass is 79.9. The summed E-state index contributed by atoms with van der Waals surface area (Å²) in [5.41, 5.74) is 6.28. The number of amides is 1. The van der Waals surface area contributed by atoms with Gasteiger partial charge in [0.2, 0.25) is 0 Å². The smallest absolute Gasteiger partial charge is 0.329 e. The van der Waals surface area contributed by atoms with Gasteiger partial charge in [0.05, 0.1) is 5.69 Å². The van der Waals surface area contributed by atoms with E-state index >= 15 is 0 Å². The van der Waals surface area contributed by atoms with Gasteiger partial charge in [0, 0.05) is 17.6 Å². The molecule has 3 nitrogen and oxygen atoms in total. The molecular formula is C11H12BrF3N2O. The fourth-order valence-electron chi connectivity index (χ4n) is 1.44. The van der Waals surface area contributed by atoms with Crippen molar-refractivity contribution in [2.45, 2.75) is 13.1 Å². The number of benzene rings is 1. The Bertz CT molecular complexity index is 448. The molecule has 0 spiro atoms. The predicted molar refractivity (Wildman–Crippen MR) is 66.3 cm³/mol. The van der Waals surface area contributed by atoms with Crippen molar-refractivity contribution in [3.63, 3.8) is 0 Å². The Morgan fingerprint density at radius 1 is 1.44 bits per heavy atom. The van der Waals surface area contributed by atoms with Gasteiger partial charge >= 0.3 is 12.1 Å². The summed E-state index contributed by atoms with van der Waals surface area (Å²) in [6, 6.07) is 4.73. The molecule has 0 fully saturated rings. The zero-order chi connectivity index (χ0) is 13.9. The Kier molecular flexibility index (Phi) is 4.75. The topological polar surface area (TPSA) is 46.3 Å². The molecule has 1 amide bonds. The number of carbonyl (C=O) groups excluding carboxylic acids is 1. The minimum atomic E-state index is -4.92. The lowest BCUT2D eigenvalue weighted by Crippen LogP contribution is -2.43. The van der Waals surface area contributed by atoms with Gasteiger partial charge in [-0.25, -0.2) is 0 Å². The molecule has 0 bridgehead atoms. The van der Waals surface area contributed by atoms with Crippen molar-refractivity contribution in [3.8, 4) is 0 Å². The van der Waals surface area contributed by atoms with Crippen LogP contribution in [0.1, 0.15) is 5.56 Å². The highest BCUT2D eigenvalue weighted by molar-refractivity contribution is 9.10. The first-order valence-electron chi connectivity index (χ1n) is 5.12. The molecule has 0 aliphatic heterocycles. The number of nitrogens with zero attached hydrogens (tertiary/aromatic N) is 1. The largest absolute Gasteiger partial charge is 0.471 e. The van der Waals surface area contributed by atoms with Crippen LogP contribution in [0.4, 0.5) is 18.9 Å². The summed E-state index contributed by atoms with van der Waals surface area (Å²) in [5.74, 6) is -1.92. The van der Waals surface area contributed by atoms with Gasteiger partial charge < -0.3 is 10.6 Å². The average Bonchev–Trinajstić information content (AvgIpc) is 2.24. The summed E-state index contributed by atoms with van der Waals surface area (Å²) in [7, 11) is 0. The van der Waals surface area contributed by atoms with Gasteiger partial charge in [-0.15, -0.1) is 0 Å². The SMILES string of the molecule is Cc1ccc(N(CCN)C(=O)C(F)(F)F)c(Br)c1. The maximum atomic E-state index is 12.5. The Labute approximate surface area is 111 Å². The van der Waals surface area contributed by atoms with Gasteiger partial charge in [0.25, 0.3) is 0 Å². The second-order valence-electron chi connectivity index (χ2n) is 3.70. The van der Waals surface area contributed by atoms with Crippen molar-refractivity contribution in [3.05, 3.63) is 28.2 Å². The molecule has 18 heavy (non-hydrogen) atoms. The van der Waals surface area contributed by atoms with Crippen LogP contribution in [-0.4, -0.2) is 25.2 Å². The number of hydrogen-bond acceptors (Lipinski definition) is 2. The van der Waals surface area contributed by atoms with Crippen LogP contribution in [0.2, 0.25) is 0 Å². The van der Waals surface area contributed by atoms with Gasteiger partial charge in [-0.1, -0.05) is 6.07 Å². The molecule has 0 heterocycles. The summed E-state index contributed by atoms with van der Waals surface area (Å²) in [6.45, 7) is 1.55. The molecule has 0 unspecified atom stereocenters. The molecule has 0 radical (unpaired) electrons. The van der Waals surface area contributed by atoms with E-state index in [0.29, 0.717) is 9.37 Å². The first-order valence-corrected chi connectivity index (χ1v) is 5.91. The number of nitrogens with two attached hydrogens (primary N) is 1. The van der Waals surface area contributed by atoms with Gasteiger partial charge in [0.1, 0.15) is 0 Å². The zero-order valence-electron chi connectivity index (χ0n) is 9.59. The molecule has 7 heteroatoms. The van der Waals surface area contributed by atoms with E-state index in [9.17, 15) is 18.0 Å². The van der Waals surface area contributed by atoms with Crippen LogP contribution in [0.3, 0.4) is 0 Å². The Morgan fingerprint density at radius 3 is 2.50 bits per heavy atom. The molecule has 0 aliphatic rings. The van der Waals surface area contributed by atoms with Crippen molar-refractivity contribution in [2.75, 3.05) is 18.0 Å². The van der Waals surface area contributed by atoms with Crippen molar-refractivity contribution >= 4 is 27.5 Å². The summed E-state index contributed by atoms with van der Waals surface area (Å²) >= 11 is 3.15. The standard InChI is InChI=1S/C11H12BrF3N2O/c1-7-2-3-9(8(12)6-7)17(5-4-16)10(18)11(13,14)15/h2-3,6H,4-5,16H2,1H3. The zero-order valence-corrected chi connectivity index (χ0v) is 11.2. The fourth-order valence-corrected chi connectivity index (χ4v) is 2.15. The minimum absolute atomic E-state index is 0.0534. The third-order valence-corrected chi connectivity index (χ3v) is 2.87. The third kappa shape index (κ3) is 3.46. The van der Waals surface area contributed by atoms with E-state index in [4.69, 9.17) is 5.73 Å². The Morgan fingerprint density at radius 2 is 2.06 bits per heavy atom. The molecule has 0 aliphatic carbocycles. The molecule has 0 saturated heterocycles. The van der Waals surface area contributed by atoms with Gasteiger partial charge in [-0.05, 0) is 40.5 Å². The fraction of sp³-hybridized carbons (Fsp3) is 0.364. The number of hydrogen-bond donors (Lipinski definition) is 1. The van der Waals surface area contributed by atoms with Crippen molar-refractivity contribution in [2.24, 2.45) is 5.73 Å². The van der Waals surface area contributed by atoms with E-state index < -0.39 is 12.1 Å². The third-order valence-electron chi connectivity index (χ3n) is 2.23. The molecule has 1 rings (SSSR count). The van der Waals surface area contributed by atoms with Crippen LogP contribution < -0.4 is 10.6 Å². The molecule has 0 saturated carbocycles. The second-order valence-corrected chi connectivity index (χ2v) is 4.55. The van der Waals surface area contributed by atoms with Crippen molar-refractivity contribution in [1.29, 1.82) is 0 Å². The van der Waals surface area contributed by atoms with Crippen LogP contribution in [0.15, 0.2) is 22.7 Å². The average molecular weight is 325 g/mol. The van der Waals surface area contributed by atoms with Crippen LogP contribution in [-0.2, 0) is 4.79 Å². The number of alkyl halides is 3. The van der Waals surface area contributed by atoms with E-state index in [0.717, 1.165) is 5.56 Å². The summed E-state index contributed by atoms with van der Waals surface area (Å²) in [4.78, 5) is 11.9. The summed E-state index contributed by atoms with van der Waals surface area (Å²) < 4.78 is 37.8. The normalized spacial score (nSPS) is 11.4. The second kappa shape index (κ2) is 5.71. The summed E-state index contributed by atoms with van der Waals surface area (Å²) in [5, 5.41) is 0. The van der Waals surface area contributed by atoms with Crippen LogP contribution in [0.25, 0.3) is 0 Å². The number of halogens is 4. The maximum Gasteiger partial charge on any atom is 0.471 e. The van der Waals surface area contributed by atoms with E-state index in [1.54, 1.807) is 19.1 Å². The van der Waals surface area contributed by atoms with E-state index in [-0.39, 0.29) is 18.8 Å². The van der Waals surface area contributed by atoms with Crippen molar-refractivity contribution in [1.82, 2.24) is 0 Å². The molecule has 0 atom stereocenters. The first-order chi connectivity index (χ1) is 8.27. The van der Waals surface area contributed by atoms with Crippen LogP contribution >= 0.6 is 15.9 Å². The molecule has 100 valence electrons. The van der Waals surface area contributed by atoms with Crippen LogP contribution in [0.5, 0.6) is 0 Å². The van der Waals surface area contributed by atoms with E-state index in [2.05, 4.69) is 15.9 Å². The van der Waals surface area contributed by atoms with Crippen LogP contribution in [0, 0.1) is 6.92 Å².